The second-order valence-corrected chi connectivity index (χ2v) is 8.47. The van der Waals surface area contributed by atoms with Gasteiger partial charge in [-0.1, -0.05) is 12.1 Å². The molecule has 2 aliphatic heterocycles. The number of hydrogen-bond acceptors (Lipinski definition) is 5. The maximum atomic E-state index is 13.3. The highest BCUT2D eigenvalue weighted by Crippen LogP contribution is 2.34. The fraction of sp³-hybridized carbons (Fsp3) is 0.167. The van der Waals surface area contributed by atoms with Crippen LogP contribution >= 0.6 is 0 Å². The smallest absolute Gasteiger partial charge is 0.266 e. The summed E-state index contributed by atoms with van der Waals surface area (Å²) in [4.78, 5) is 27.9. The van der Waals surface area contributed by atoms with E-state index in [4.69, 9.17) is 0 Å². The Labute approximate surface area is 160 Å². The number of rotatable bonds is 2. The minimum atomic E-state index is -3.89. The molecular formula is C18H15N5O4S. The van der Waals surface area contributed by atoms with E-state index in [0.717, 1.165) is 11.0 Å². The number of aromatic nitrogens is 2. The molecule has 3 aromatic rings. The van der Waals surface area contributed by atoms with Gasteiger partial charge >= 0.3 is 0 Å². The third kappa shape index (κ3) is 2.45. The van der Waals surface area contributed by atoms with Gasteiger partial charge in [-0.3, -0.25) is 9.59 Å². The highest BCUT2D eigenvalue weighted by molar-refractivity contribution is 7.92. The molecule has 3 heterocycles. The number of nitrogens with zero attached hydrogens (tertiary/aromatic N) is 3. The lowest BCUT2D eigenvalue weighted by Crippen LogP contribution is -2.29. The number of sulfonamides is 1. The summed E-state index contributed by atoms with van der Waals surface area (Å²) < 4.78 is 29.7. The third-order valence-corrected chi connectivity index (χ3v) is 6.61. The molecule has 9 nitrogen and oxygen atoms in total. The predicted molar refractivity (Wildman–Crippen MR) is 103 cm³/mol. The van der Waals surface area contributed by atoms with Gasteiger partial charge in [-0.05, 0) is 30.3 Å². The summed E-state index contributed by atoms with van der Waals surface area (Å²) in [7, 11) is -3.89. The number of benzene rings is 2. The standard InChI is InChI=1S/C18H15N5O4S/c24-16-10-17(25)20-14-9-11(5-6-12(14)19-16)28(26,27)23-8-7-22-15-4-2-1-3-13(15)21-18(22)23/h1-6,9H,7-8,10H2,(H,19,24)(H,20,25). The minimum absolute atomic E-state index is 0.0169. The van der Waals surface area contributed by atoms with Crippen molar-refractivity contribution in [3.05, 3.63) is 42.5 Å². The number of para-hydroxylation sites is 2. The Morgan fingerprint density at radius 3 is 2.50 bits per heavy atom. The first-order chi connectivity index (χ1) is 13.4. The van der Waals surface area contributed by atoms with Gasteiger partial charge in [-0.25, -0.2) is 17.7 Å². The van der Waals surface area contributed by atoms with Gasteiger partial charge < -0.3 is 15.2 Å². The van der Waals surface area contributed by atoms with Crippen LogP contribution in [0.25, 0.3) is 11.0 Å². The maximum absolute atomic E-state index is 13.3. The van der Waals surface area contributed by atoms with Crippen molar-refractivity contribution >= 4 is 50.2 Å². The van der Waals surface area contributed by atoms with E-state index in [1.165, 1.54) is 22.5 Å². The lowest BCUT2D eigenvalue weighted by atomic mass is 10.2. The number of anilines is 3. The van der Waals surface area contributed by atoms with Gasteiger partial charge in [0.05, 0.1) is 33.8 Å². The SMILES string of the molecule is O=C1CC(=O)Nc2cc(S(=O)(=O)N3CCn4c3nc3ccccc34)ccc2N1. The van der Waals surface area contributed by atoms with Crippen LogP contribution in [0, 0.1) is 0 Å². The van der Waals surface area contributed by atoms with Crippen molar-refractivity contribution in [3.63, 3.8) is 0 Å². The monoisotopic (exact) mass is 397 g/mol. The van der Waals surface area contributed by atoms with E-state index in [-0.39, 0.29) is 23.5 Å². The van der Waals surface area contributed by atoms with E-state index in [1.807, 2.05) is 28.8 Å². The topological polar surface area (TPSA) is 113 Å². The molecule has 2 amide bonds. The second kappa shape index (κ2) is 5.80. The lowest BCUT2D eigenvalue weighted by Gasteiger charge is -2.17. The molecule has 0 bridgehead atoms. The van der Waals surface area contributed by atoms with Crippen molar-refractivity contribution in [1.29, 1.82) is 0 Å². The van der Waals surface area contributed by atoms with Crippen LogP contribution in [0.1, 0.15) is 6.42 Å². The first-order valence-electron chi connectivity index (χ1n) is 8.65. The largest absolute Gasteiger partial charge is 0.324 e. The molecule has 2 N–H and O–H groups in total. The van der Waals surface area contributed by atoms with Crippen molar-refractivity contribution in [1.82, 2.24) is 9.55 Å². The van der Waals surface area contributed by atoms with Crippen molar-refractivity contribution < 1.29 is 18.0 Å². The van der Waals surface area contributed by atoms with Crippen molar-refractivity contribution in [3.8, 4) is 0 Å². The molecule has 0 spiro atoms. The van der Waals surface area contributed by atoms with Crippen molar-refractivity contribution in [2.24, 2.45) is 0 Å². The van der Waals surface area contributed by atoms with Crippen LogP contribution in [0.5, 0.6) is 0 Å². The molecule has 28 heavy (non-hydrogen) atoms. The molecule has 2 aromatic carbocycles. The Bertz CT molecular complexity index is 1260. The van der Waals surface area contributed by atoms with E-state index in [2.05, 4.69) is 15.6 Å². The number of fused-ring (bicyclic) bond motifs is 4. The van der Waals surface area contributed by atoms with Gasteiger partial charge in [0.15, 0.2) is 0 Å². The van der Waals surface area contributed by atoms with Crippen LogP contribution in [-0.4, -0.2) is 36.3 Å². The number of carbonyl (C=O) groups excluding carboxylic acids is 2. The van der Waals surface area contributed by atoms with Crippen LogP contribution in [0.15, 0.2) is 47.4 Å². The second-order valence-electron chi connectivity index (χ2n) is 6.61. The van der Waals surface area contributed by atoms with Gasteiger partial charge in [0.2, 0.25) is 17.8 Å². The molecule has 0 fully saturated rings. The van der Waals surface area contributed by atoms with Crippen LogP contribution in [-0.2, 0) is 26.2 Å². The van der Waals surface area contributed by atoms with Crippen LogP contribution < -0.4 is 14.9 Å². The zero-order valence-electron chi connectivity index (χ0n) is 14.5. The van der Waals surface area contributed by atoms with E-state index >= 15 is 0 Å². The summed E-state index contributed by atoms with van der Waals surface area (Å²) in [5.41, 5.74) is 2.23. The van der Waals surface area contributed by atoms with Crippen LogP contribution in [0.2, 0.25) is 0 Å². The average molecular weight is 397 g/mol. The molecule has 2 aliphatic rings. The average Bonchev–Trinajstić information content (AvgIpc) is 3.17. The molecule has 0 aliphatic carbocycles. The molecule has 142 valence electrons. The normalized spacial score (nSPS) is 16.4. The fourth-order valence-corrected chi connectivity index (χ4v) is 4.99. The maximum Gasteiger partial charge on any atom is 0.266 e. The summed E-state index contributed by atoms with van der Waals surface area (Å²) in [5, 5.41) is 5.16. The third-order valence-electron chi connectivity index (χ3n) is 4.83. The number of carbonyl (C=O) groups is 2. The van der Waals surface area contributed by atoms with Gasteiger partial charge in [-0.15, -0.1) is 0 Å². The van der Waals surface area contributed by atoms with Gasteiger partial charge in [-0.2, -0.15) is 0 Å². The molecule has 0 saturated carbocycles. The molecular weight excluding hydrogens is 382 g/mol. The highest BCUT2D eigenvalue weighted by atomic mass is 32.2. The molecule has 0 atom stereocenters. The Hall–Kier alpha value is -3.40. The molecule has 10 heteroatoms. The summed E-state index contributed by atoms with van der Waals surface area (Å²) in [6.45, 7) is 0.780. The number of nitrogens with one attached hydrogen (secondary N) is 2. The molecule has 0 unspecified atom stereocenters. The summed E-state index contributed by atoms with van der Waals surface area (Å²) in [6, 6.07) is 11.7. The number of amides is 2. The fourth-order valence-electron chi connectivity index (χ4n) is 3.55. The van der Waals surface area contributed by atoms with Gasteiger partial charge in [0.25, 0.3) is 10.0 Å². The molecule has 0 radical (unpaired) electrons. The highest BCUT2D eigenvalue weighted by Gasteiger charge is 2.34. The van der Waals surface area contributed by atoms with Crippen molar-refractivity contribution in [2.45, 2.75) is 17.9 Å². The molecule has 0 saturated heterocycles. The van der Waals surface area contributed by atoms with Crippen LogP contribution in [0.4, 0.5) is 17.3 Å². The van der Waals surface area contributed by atoms with Crippen LogP contribution in [0.3, 0.4) is 0 Å². The molecule has 5 rings (SSSR count). The molecule has 1 aromatic heterocycles. The zero-order valence-corrected chi connectivity index (χ0v) is 15.4. The minimum Gasteiger partial charge on any atom is -0.324 e. The van der Waals surface area contributed by atoms with E-state index in [0.29, 0.717) is 18.2 Å². The first-order valence-corrected chi connectivity index (χ1v) is 10.1. The Morgan fingerprint density at radius 1 is 0.929 bits per heavy atom. The number of hydrogen-bond donors (Lipinski definition) is 2. The summed E-state index contributed by atoms with van der Waals surface area (Å²) in [6.07, 6.45) is -0.313. The quantitative estimate of drug-likeness (QED) is 0.637. The van der Waals surface area contributed by atoms with Gasteiger partial charge in [0.1, 0.15) is 6.42 Å². The van der Waals surface area contributed by atoms with E-state index in [1.54, 1.807) is 0 Å². The zero-order chi connectivity index (χ0) is 19.5. The van der Waals surface area contributed by atoms with Crippen molar-refractivity contribution in [2.75, 3.05) is 21.5 Å². The first kappa shape index (κ1) is 16.8. The van der Waals surface area contributed by atoms with E-state index < -0.39 is 21.8 Å². The Kier molecular flexibility index (Phi) is 3.47. The van der Waals surface area contributed by atoms with Gasteiger partial charge in [0, 0.05) is 6.54 Å². The Balaban J connectivity index is 1.58. The summed E-state index contributed by atoms with van der Waals surface area (Å²) >= 11 is 0. The van der Waals surface area contributed by atoms with E-state index in [9.17, 15) is 18.0 Å². The lowest BCUT2D eigenvalue weighted by molar-refractivity contribution is -0.123. The number of imidazole rings is 1. The predicted octanol–water partition coefficient (Wildman–Crippen LogP) is 1.53. The Morgan fingerprint density at radius 2 is 1.68 bits per heavy atom. The summed E-state index contributed by atoms with van der Waals surface area (Å²) in [5.74, 6) is -0.567.